The van der Waals surface area contributed by atoms with Crippen LogP contribution in [0, 0.1) is 12.7 Å². The lowest BCUT2D eigenvalue weighted by atomic mass is 10.0. The third-order valence-electron chi connectivity index (χ3n) is 5.68. The molecule has 0 aliphatic carbocycles. The molecule has 8 nitrogen and oxygen atoms in total. The number of nitrogens with one attached hydrogen (secondary N) is 2. The van der Waals surface area contributed by atoms with Gasteiger partial charge in [0.05, 0.1) is 14.2 Å². The molecular formula is C25H25FN4O4. The molecular weight excluding hydrogens is 439 g/mol. The Labute approximate surface area is 195 Å². The Morgan fingerprint density at radius 3 is 2.65 bits per heavy atom. The minimum atomic E-state index is -0.382. The molecule has 176 valence electrons. The van der Waals surface area contributed by atoms with Gasteiger partial charge in [-0.25, -0.2) is 13.9 Å². The van der Waals surface area contributed by atoms with E-state index in [2.05, 4.69) is 15.4 Å². The van der Waals surface area contributed by atoms with E-state index < -0.39 is 0 Å². The van der Waals surface area contributed by atoms with E-state index >= 15 is 0 Å². The van der Waals surface area contributed by atoms with Crippen LogP contribution < -0.4 is 20.3 Å². The molecule has 34 heavy (non-hydrogen) atoms. The first kappa shape index (κ1) is 23.0. The zero-order chi connectivity index (χ0) is 24.2. The normalized spacial score (nSPS) is 10.9. The van der Waals surface area contributed by atoms with Crippen LogP contribution >= 0.6 is 0 Å². The van der Waals surface area contributed by atoms with Crippen LogP contribution in [0.4, 0.5) is 4.39 Å². The van der Waals surface area contributed by atoms with E-state index in [1.165, 1.54) is 16.8 Å². The van der Waals surface area contributed by atoms with E-state index in [0.717, 1.165) is 5.56 Å². The van der Waals surface area contributed by atoms with Gasteiger partial charge in [0, 0.05) is 30.4 Å². The minimum Gasteiger partial charge on any atom is -0.493 e. The van der Waals surface area contributed by atoms with E-state index in [0.29, 0.717) is 41.3 Å². The van der Waals surface area contributed by atoms with Crippen molar-refractivity contribution in [1.29, 1.82) is 0 Å². The number of aromatic amines is 1. The largest absolute Gasteiger partial charge is 0.493 e. The highest BCUT2D eigenvalue weighted by Crippen LogP contribution is 2.27. The molecule has 0 radical (unpaired) electrons. The average molecular weight is 464 g/mol. The van der Waals surface area contributed by atoms with Crippen LogP contribution in [-0.2, 0) is 12.8 Å². The first-order valence-electron chi connectivity index (χ1n) is 10.7. The first-order valence-corrected chi connectivity index (χ1v) is 10.7. The molecule has 0 unspecified atom stereocenters. The number of methoxy groups -OCH3 is 2. The number of hydrogen-bond donors (Lipinski definition) is 2. The van der Waals surface area contributed by atoms with E-state index in [1.807, 2.05) is 18.2 Å². The molecule has 0 saturated carbocycles. The van der Waals surface area contributed by atoms with Crippen LogP contribution in [0.15, 0.2) is 53.5 Å². The third-order valence-corrected chi connectivity index (χ3v) is 5.68. The number of H-pyrrole nitrogens is 1. The van der Waals surface area contributed by atoms with Crippen molar-refractivity contribution in [3.05, 3.63) is 92.8 Å². The number of carbonyl (C=O) groups is 1. The summed E-state index contributed by atoms with van der Waals surface area (Å²) in [5.74, 6) is 0.517. The molecule has 0 aliphatic heterocycles. The zero-order valence-electron chi connectivity index (χ0n) is 19.1. The number of fused-ring (bicyclic) bond motifs is 1. The van der Waals surface area contributed by atoms with Crippen molar-refractivity contribution in [2.45, 2.75) is 19.8 Å². The fourth-order valence-corrected chi connectivity index (χ4v) is 3.81. The molecule has 0 aliphatic rings. The van der Waals surface area contributed by atoms with Crippen molar-refractivity contribution in [3.63, 3.8) is 0 Å². The van der Waals surface area contributed by atoms with Gasteiger partial charge >= 0.3 is 0 Å². The zero-order valence-corrected chi connectivity index (χ0v) is 19.1. The van der Waals surface area contributed by atoms with Crippen LogP contribution in [0.3, 0.4) is 0 Å². The lowest BCUT2D eigenvalue weighted by Gasteiger charge is -2.10. The van der Waals surface area contributed by atoms with Gasteiger partial charge in [-0.1, -0.05) is 24.3 Å². The van der Waals surface area contributed by atoms with Crippen molar-refractivity contribution >= 4 is 11.6 Å². The van der Waals surface area contributed by atoms with Crippen LogP contribution in [0.2, 0.25) is 0 Å². The molecule has 4 aromatic rings. The van der Waals surface area contributed by atoms with Gasteiger partial charge in [-0.15, -0.1) is 0 Å². The van der Waals surface area contributed by atoms with Gasteiger partial charge in [-0.05, 0) is 42.7 Å². The molecule has 2 heterocycles. The highest BCUT2D eigenvalue weighted by atomic mass is 19.1. The number of carbonyl (C=O) groups excluding carboxylic acids is 1. The summed E-state index contributed by atoms with van der Waals surface area (Å²) in [7, 11) is 3.14. The Balaban J connectivity index is 1.51. The standard InChI is InChI=1S/C25H25FN4O4/c1-15-18(13-17-6-4-5-7-20(17)26)25(32)30-23(29-15)19(14-28-30)24(31)27-11-10-16-8-9-21(33-2)22(12-16)34-3/h4-9,12,14,28H,10-11,13H2,1-3H3,(H,27,31). The summed E-state index contributed by atoms with van der Waals surface area (Å²) < 4.78 is 25.8. The summed E-state index contributed by atoms with van der Waals surface area (Å²) in [6, 6.07) is 11.9. The summed E-state index contributed by atoms with van der Waals surface area (Å²) in [6.07, 6.45) is 2.13. The maximum atomic E-state index is 14.1. The van der Waals surface area contributed by atoms with E-state index in [9.17, 15) is 14.0 Å². The van der Waals surface area contributed by atoms with E-state index in [1.54, 1.807) is 39.3 Å². The highest BCUT2D eigenvalue weighted by molar-refractivity contribution is 5.99. The predicted molar refractivity (Wildman–Crippen MR) is 125 cm³/mol. The second-order valence-corrected chi connectivity index (χ2v) is 7.79. The fourth-order valence-electron chi connectivity index (χ4n) is 3.81. The second kappa shape index (κ2) is 9.78. The van der Waals surface area contributed by atoms with Crippen LogP contribution in [0.25, 0.3) is 5.65 Å². The number of rotatable bonds is 8. The van der Waals surface area contributed by atoms with Crippen molar-refractivity contribution in [3.8, 4) is 11.5 Å². The maximum absolute atomic E-state index is 14.1. The van der Waals surface area contributed by atoms with Crippen LogP contribution in [-0.4, -0.2) is 41.3 Å². The Hall–Kier alpha value is -4.14. The van der Waals surface area contributed by atoms with Crippen molar-refractivity contribution < 1.29 is 18.7 Å². The molecule has 1 amide bonds. The monoisotopic (exact) mass is 464 g/mol. The molecule has 4 rings (SSSR count). The van der Waals surface area contributed by atoms with Gasteiger partial charge in [-0.2, -0.15) is 0 Å². The van der Waals surface area contributed by atoms with Crippen LogP contribution in [0.1, 0.15) is 32.7 Å². The average Bonchev–Trinajstić information content (AvgIpc) is 3.26. The number of aryl methyl sites for hydroxylation is 1. The lowest BCUT2D eigenvalue weighted by molar-refractivity contribution is 0.0955. The Morgan fingerprint density at radius 2 is 1.91 bits per heavy atom. The molecule has 0 atom stereocenters. The number of nitrogens with zero attached hydrogens (tertiary/aromatic N) is 2. The topological polar surface area (TPSA) is 97.7 Å². The van der Waals surface area contributed by atoms with E-state index in [4.69, 9.17) is 9.47 Å². The summed E-state index contributed by atoms with van der Waals surface area (Å²) in [6.45, 7) is 2.06. The molecule has 2 N–H and O–H groups in total. The number of aromatic nitrogens is 3. The van der Waals surface area contributed by atoms with Gasteiger partial charge < -0.3 is 14.8 Å². The SMILES string of the molecule is COc1ccc(CCNC(=O)c2c[nH]n3c(=O)c(Cc4ccccc4F)c(C)nc23)cc1OC. The number of hydrogen-bond acceptors (Lipinski definition) is 5. The predicted octanol–water partition coefficient (Wildman–Crippen LogP) is 3.05. The minimum absolute atomic E-state index is 0.110. The van der Waals surface area contributed by atoms with Gasteiger partial charge in [-0.3, -0.25) is 14.7 Å². The van der Waals surface area contributed by atoms with Gasteiger partial charge in [0.25, 0.3) is 11.5 Å². The summed E-state index contributed by atoms with van der Waals surface area (Å²) >= 11 is 0. The van der Waals surface area contributed by atoms with Crippen molar-refractivity contribution in [1.82, 2.24) is 19.9 Å². The molecule has 2 aromatic heterocycles. The smallest absolute Gasteiger partial charge is 0.276 e. The Morgan fingerprint density at radius 1 is 1.15 bits per heavy atom. The van der Waals surface area contributed by atoms with Gasteiger partial charge in [0.1, 0.15) is 11.4 Å². The lowest BCUT2D eigenvalue weighted by Crippen LogP contribution is -2.27. The third kappa shape index (κ3) is 4.50. The number of ether oxygens (including phenoxy) is 2. The van der Waals surface area contributed by atoms with Gasteiger partial charge in [0.15, 0.2) is 17.1 Å². The number of halogens is 1. The summed E-state index contributed by atoms with van der Waals surface area (Å²) in [5, 5.41) is 5.65. The highest BCUT2D eigenvalue weighted by Gasteiger charge is 2.19. The molecule has 9 heteroatoms. The van der Waals surface area contributed by atoms with Crippen LogP contribution in [0.5, 0.6) is 11.5 Å². The number of benzene rings is 2. The summed E-state index contributed by atoms with van der Waals surface area (Å²) in [4.78, 5) is 30.3. The maximum Gasteiger partial charge on any atom is 0.276 e. The Bertz CT molecular complexity index is 1410. The van der Waals surface area contributed by atoms with E-state index in [-0.39, 0.29) is 34.9 Å². The quantitative estimate of drug-likeness (QED) is 0.418. The Kier molecular flexibility index (Phi) is 6.62. The summed E-state index contributed by atoms with van der Waals surface area (Å²) in [5.41, 5.74) is 2.31. The molecule has 0 fully saturated rings. The molecule has 2 aromatic carbocycles. The van der Waals surface area contributed by atoms with Gasteiger partial charge in [0.2, 0.25) is 0 Å². The number of amides is 1. The fraction of sp³-hybridized carbons (Fsp3) is 0.240. The van der Waals surface area contributed by atoms with Crippen molar-refractivity contribution in [2.75, 3.05) is 20.8 Å². The molecule has 0 saturated heterocycles. The molecule has 0 bridgehead atoms. The second-order valence-electron chi connectivity index (χ2n) is 7.79. The van der Waals surface area contributed by atoms with Crippen molar-refractivity contribution in [2.24, 2.45) is 0 Å². The molecule has 0 spiro atoms. The first-order chi connectivity index (χ1) is 16.4.